The second-order valence-corrected chi connectivity index (χ2v) is 7.82. The molecule has 128 valence electrons. The van der Waals surface area contributed by atoms with Crippen LogP contribution >= 0.6 is 22.9 Å². The topological polar surface area (TPSA) is 62.2 Å². The number of carbonyl (C=O) groups is 1. The second-order valence-electron chi connectivity index (χ2n) is 6.27. The molecule has 0 bridgehead atoms. The molecule has 1 aromatic heterocycles. The first-order valence-corrected chi connectivity index (χ1v) is 9.47. The molecule has 1 unspecified atom stereocenters. The Kier molecular flexibility index (Phi) is 5.87. The number of amides is 1. The quantitative estimate of drug-likeness (QED) is 0.787. The highest BCUT2D eigenvalue weighted by Gasteiger charge is 2.27. The summed E-state index contributed by atoms with van der Waals surface area (Å²) in [5, 5.41) is 13.3. The van der Waals surface area contributed by atoms with Crippen LogP contribution in [0.1, 0.15) is 48.5 Å². The predicted octanol–water partition coefficient (Wildman–Crippen LogP) is 4.59. The average Bonchev–Trinajstić information content (AvgIpc) is 3.25. The van der Waals surface area contributed by atoms with Gasteiger partial charge in [-0.1, -0.05) is 60.8 Å². The lowest BCUT2D eigenvalue weighted by atomic mass is 9.87. The zero-order valence-corrected chi connectivity index (χ0v) is 14.9. The molecule has 4 nitrogen and oxygen atoms in total. The molecule has 1 fully saturated rings. The first-order valence-electron chi connectivity index (χ1n) is 8.27. The number of nitrogens with zero attached hydrogens (tertiary/aromatic N) is 1. The van der Waals surface area contributed by atoms with Crippen molar-refractivity contribution in [1.82, 2.24) is 4.98 Å². The maximum Gasteiger partial charge on any atom is 0.233 e. The van der Waals surface area contributed by atoms with E-state index >= 15 is 0 Å². The monoisotopic (exact) mass is 364 g/mol. The van der Waals surface area contributed by atoms with Crippen molar-refractivity contribution < 1.29 is 9.90 Å². The van der Waals surface area contributed by atoms with Gasteiger partial charge in [-0.3, -0.25) is 4.79 Å². The number of aromatic nitrogens is 1. The van der Waals surface area contributed by atoms with E-state index in [1.807, 2.05) is 24.3 Å². The van der Waals surface area contributed by atoms with Gasteiger partial charge in [-0.05, 0) is 30.0 Å². The van der Waals surface area contributed by atoms with E-state index in [1.54, 1.807) is 6.20 Å². The molecule has 1 heterocycles. The van der Waals surface area contributed by atoms with Crippen molar-refractivity contribution in [2.45, 2.75) is 44.6 Å². The summed E-state index contributed by atoms with van der Waals surface area (Å²) in [5.74, 6) is 0.357. The van der Waals surface area contributed by atoms with Gasteiger partial charge in [0.1, 0.15) is 0 Å². The number of halogens is 1. The highest BCUT2D eigenvalue weighted by Crippen LogP contribution is 2.35. The van der Waals surface area contributed by atoms with Crippen LogP contribution in [0.5, 0.6) is 0 Å². The van der Waals surface area contributed by atoms with Crippen LogP contribution in [0.15, 0.2) is 30.5 Å². The number of aliphatic hydroxyl groups is 1. The van der Waals surface area contributed by atoms with E-state index in [0.717, 1.165) is 16.9 Å². The van der Waals surface area contributed by atoms with Crippen molar-refractivity contribution in [3.8, 4) is 0 Å². The van der Waals surface area contributed by atoms with Crippen LogP contribution in [0.25, 0.3) is 0 Å². The Bertz CT molecular complexity index is 681. The molecule has 0 saturated heterocycles. The van der Waals surface area contributed by atoms with Crippen molar-refractivity contribution in [3.63, 3.8) is 0 Å². The molecule has 1 amide bonds. The molecule has 24 heavy (non-hydrogen) atoms. The standard InChI is InChI=1S/C18H21ClN2O2S/c19-14-7-5-13(6-8-14)16(9-12-3-1-2-4-12)17(23)21-18-20-10-15(11-22)24-18/h5-8,10,12,16,22H,1-4,9,11H2,(H,20,21,23). The zero-order chi connectivity index (χ0) is 16.9. The van der Waals surface area contributed by atoms with Gasteiger partial charge in [-0.2, -0.15) is 0 Å². The summed E-state index contributed by atoms with van der Waals surface area (Å²) in [4.78, 5) is 17.7. The van der Waals surface area contributed by atoms with Gasteiger partial charge in [-0.15, -0.1) is 0 Å². The Morgan fingerprint density at radius 3 is 2.67 bits per heavy atom. The van der Waals surface area contributed by atoms with Gasteiger partial charge < -0.3 is 10.4 Å². The minimum Gasteiger partial charge on any atom is -0.391 e. The van der Waals surface area contributed by atoms with Crippen LogP contribution in [0.2, 0.25) is 5.02 Å². The van der Waals surface area contributed by atoms with Crippen LogP contribution in [-0.4, -0.2) is 16.0 Å². The highest BCUT2D eigenvalue weighted by molar-refractivity contribution is 7.15. The van der Waals surface area contributed by atoms with Crippen LogP contribution in [-0.2, 0) is 11.4 Å². The molecule has 1 aromatic carbocycles. The fourth-order valence-electron chi connectivity index (χ4n) is 3.30. The number of carbonyl (C=O) groups excluding carboxylic acids is 1. The third-order valence-corrected chi connectivity index (χ3v) is 5.72. The number of anilines is 1. The van der Waals surface area contributed by atoms with E-state index in [9.17, 15) is 4.79 Å². The molecule has 6 heteroatoms. The molecule has 0 aliphatic heterocycles. The smallest absolute Gasteiger partial charge is 0.233 e. The molecular formula is C18H21ClN2O2S. The third-order valence-electron chi connectivity index (χ3n) is 4.57. The third kappa shape index (κ3) is 4.35. The van der Waals surface area contributed by atoms with E-state index in [0.29, 0.717) is 16.1 Å². The van der Waals surface area contributed by atoms with E-state index in [2.05, 4.69) is 10.3 Å². The van der Waals surface area contributed by atoms with Crippen LogP contribution < -0.4 is 5.32 Å². The van der Waals surface area contributed by atoms with Gasteiger partial charge in [0, 0.05) is 11.2 Å². The molecule has 0 radical (unpaired) electrons. The molecule has 3 rings (SSSR count). The van der Waals surface area contributed by atoms with Gasteiger partial charge in [0.05, 0.1) is 17.4 Å². The number of aliphatic hydroxyl groups excluding tert-OH is 1. The van der Waals surface area contributed by atoms with Crippen molar-refractivity contribution in [3.05, 3.63) is 45.9 Å². The van der Waals surface area contributed by atoms with Crippen molar-refractivity contribution in [1.29, 1.82) is 0 Å². The zero-order valence-electron chi connectivity index (χ0n) is 13.4. The molecular weight excluding hydrogens is 344 g/mol. The molecule has 1 saturated carbocycles. The van der Waals surface area contributed by atoms with E-state index in [1.165, 1.54) is 37.0 Å². The summed E-state index contributed by atoms with van der Waals surface area (Å²) >= 11 is 7.29. The summed E-state index contributed by atoms with van der Waals surface area (Å²) in [6, 6.07) is 7.53. The molecule has 1 atom stereocenters. The molecule has 1 aliphatic carbocycles. The molecule has 2 N–H and O–H groups in total. The molecule has 0 spiro atoms. The van der Waals surface area contributed by atoms with Gasteiger partial charge in [0.2, 0.25) is 5.91 Å². The number of benzene rings is 1. The van der Waals surface area contributed by atoms with E-state index in [-0.39, 0.29) is 18.4 Å². The average molecular weight is 365 g/mol. The maximum absolute atomic E-state index is 12.8. The lowest BCUT2D eigenvalue weighted by molar-refractivity contribution is -0.118. The maximum atomic E-state index is 12.8. The molecule has 2 aromatic rings. The Morgan fingerprint density at radius 1 is 1.33 bits per heavy atom. The number of nitrogens with one attached hydrogen (secondary N) is 1. The first kappa shape index (κ1) is 17.4. The number of hydrogen-bond donors (Lipinski definition) is 2. The second kappa shape index (κ2) is 8.10. The normalized spacial score (nSPS) is 16.2. The van der Waals surface area contributed by atoms with Gasteiger partial charge >= 0.3 is 0 Å². The van der Waals surface area contributed by atoms with Gasteiger partial charge in [-0.25, -0.2) is 4.98 Å². The van der Waals surface area contributed by atoms with Crippen molar-refractivity contribution in [2.75, 3.05) is 5.32 Å². The lowest BCUT2D eigenvalue weighted by Gasteiger charge is -2.20. The molecule has 1 aliphatic rings. The lowest BCUT2D eigenvalue weighted by Crippen LogP contribution is -2.23. The summed E-state index contributed by atoms with van der Waals surface area (Å²) in [7, 11) is 0. The SMILES string of the molecule is O=C(Nc1ncc(CO)s1)C(CC1CCCC1)c1ccc(Cl)cc1. The minimum absolute atomic E-state index is 0.0388. The van der Waals surface area contributed by atoms with Gasteiger partial charge in [0.15, 0.2) is 5.13 Å². The Morgan fingerprint density at radius 2 is 2.04 bits per heavy atom. The van der Waals surface area contributed by atoms with Crippen LogP contribution in [0.4, 0.5) is 5.13 Å². The highest BCUT2D eigenvalue weighted by atomic mass is 35.5. The van der Waals surface area contributed by atoms with Gasteiger partial charge in [0.25, 0.3) is 0 Å². The Labute approximate surface area is 150 Å². The largest absolute Gasteiger partial charge is 0.391 e. The number of hydrogen-bond acceptors (Lipinski definition) is 4. The number of rotatable bonds is 6. The fraction of sp³-hybridized carbons (Fsp3) is 0.444. The van der Waals surface area contributed by atoms with Crippen molar-refractivity contribution in [2.24, 2.45) is 5.92 Å². The van der Waals surface area contributed by atoms with E-state index in [4.69, 9.17) is 16.7 Å². The minimum atomic E-state index is -0.202. The Balaban J connectivity index is 1.76. The summed E-state index contributed by atoms with van der Waals surface area (Å²) in [5.41, 5.74) is 0.989. The van der Waals surface area contributed by atoms with Crippen molar-refractivity contribution >= 4 is 34.0 Å². The van der Waals surface area contributed by atoms with E-state index < -0.39 is 0 Å². The number of thiazole rings is 1. The first-order chi connectivity index (χ1) is 11.7. The fourth-order valence-corrected chi connectivity index (χ4v) is 4.10. The summed E-state index contributed by atoms with van der Waals surface area (Å²) in [6.07, 6.45) is 7.35. The van der Waals surface area contributed by atoms with Crippen LogP contribution in [0.3, 0.4) is 0 Å². The summed E-state index contributed by atoms with van der Waals surface area (Å²) < 4.78 is 0. The summed E-state index contributed by atoms with van der Waals surface area (Å²) in [6.45, 7) is -0.0593. The Hall–Kier alpha value is -1.43. The predicted molar refractivity (Wildman–Crippen MR) is 97.4 cm³/mol. The van der Waals surface area contributed by atoms with Crippen LogP contribution in [0, 0.1) is 5.92 Å².